The molecule has 0 aliphatic rings. The molecule has 0 bridgehead atoms. The number of rotatable bonds is 3. The van der Waals surface area contributed by atoms with Crippen molar-refractivity contribution in [3.8, 4) is 5.82 Å². The smallest absolute Gasteiger partial charge is 0.224 e. The van der Waals surface area contributed by atoms with E-state index in [0.29, 0.717) is 5.95 Å². The Kier molecular flexibility index (Phi) is 2.87. The zero-order valence-corrected chi connectivity index (χ0v) is 11.0. The predicted octanol–water partition coefficient (Wildman–Crippen LogP) is 2.56. The van der Waals surface area contributed by atoms with Gasteiger partial charge in [0.15, 0.2) is 5.82 Å². The highest BCUT2D eigenvalue weighted by Gasteiger charge is 2.07. The van der Waals surface area contributed by atoms with Crippen LogP contribution in [-0.2, 0) is 0 Å². The highest BCUT2D eigenvalue weighted by atomic mass is 15.3. The van der Waals surface area contributed by atoms with E-state index in [1.165, 1.54) is 0 Å². The summed E-state index contributed by atoms with van der Waals surface area (Å²) in [4.78, 5) is 8.84. The maximum atomic E-state index is 4.49. The quantitative estimate of drug-likeness (QED) is 0.779. The molecule has 1 N–H and O–H groups in total. The Labute approximate surface area is 111 Å². The molecular formula is C14H15N5. The van der Waals surface area contributed by atoms with E-state index in [2.05, 4.69) is 20.4 Å². The number of fused-ring (bicyclic) bond motifs is 1. The Bertz CT molecular complexity index is 717. The summed E-state index contributed by atoms with van der Waals surface area (Å²) >= 11 is 0. The molecule has 0 atom stereocenters. The van der Waals surface area contributed by atoms with Crippen LogP contribution in [0.15, 0.2) is 36.5 Å². The summed E-state index contributed by atoms with van der Waals surface area (Å²) in [7, 11) is 0. The van der Waals surface area contributed by atoms with Crippen LogP contribution in [0.3, 0.4) is 0 Å². The summed E-state index contributed by atoms with van der Waals surface area (Å²) in [6.45, 7) is 4.77. The van der Waals surface area contributed by atoms with Gasteiger partial charge in [0.05, 0.1) is 11.7 Å². The molecule has 19 heavy (non-hydrogen) atoms. The van der Waals surface area contributed by atoms with Gasteiger partial charge in [-0.3, -0.25) is 0 Å². The molecule has 5 heteroatoms. The number of benzene rings is 1. The number of nitrogens with one attached hydrogen (secondary N) is 1. The molecule has 0 saturated carbocycles. The second-order valence-corrected chi connectivity index (χ2v) is 4.34. The largest absolute Gasteiger partial charge is 0.354 e. The summed E-state index contributed by atoms with van der Waals surface area (Å²) in [5, 5.41) is 8.64. The van der Waals surface area contributed by atoms with Crippen molar-refractivity contribution in [1.29, 1.82) is 0 Å². The summed E-state index contributed by atoms with van der Waals surface area (Å²) in [5.41, 5.74) is 1.96. The molecule has 0 saturated heterocycles. The molecular weight excluding hydrogens is 238 g/mol. The third kappa shape index (κ3) is 2.14. The Morgan fingerprint density at radius 3 is 2.89 bits per heavy atom. The van der Waals surface area contributed by atoms with Crippen molar-refractivity contribution in [2.75, 3.05) is 11.9 Å². The average Bonchev–Trinajstić information content (AvgIpc) is 2.82. The van der Waals surface area contributed by atoms with Gasteiger partial charge in [-0.15, -0.1) is 0 Å². The number of aromatic nitrogens is 4. The molecule has 1 aromatic carbocycles. The first-order chi connectivity index (χ1) is 9.28. The van der Waals surface area contributed by atoms with Crippen LogP contribution in [0.2, 0.25) is 0 Å². The Morgan fingerprint density at radius 2 is 2.05 bits per heavy atom. The van der Waals surface area contributed by atoms with Crippen LogP contribution in [0.25, 0.3) is 16.7 Å². The lowest BCUT2D eigenvalue weighted by Gasteiger charge is -2.07. The fraction of sp³-hybridized carbons (Fsp3) is 0.214. The summed E-state index contributed by atoms with van der Waals surface area (Å²) in [6.07, 6.45) is 1.85. The zero-order chi connectivity index (χ0) is 13.2. The van der Waals surface area contributed by atoms with Crippen molar-refractivity contribution in [2.45, 2.75) is 13.8 Å². The van der Waals surface area contributed by atoms with Crippen molar-refractivity contribution in [1.82, 2.24) is 19.7 Å². The minimum Gasteiger partial charge on any atom is -0.354 e. The normalized spacial score (nSPS) is 10.8. The molecule has 0 unspecified atom stereocenters. The van der Waals surface area contributed by atoms with Crippen molar-refractivity contribution in [3.05, 3.63) is 42.2 Å². The highest BCUT2D eigenvalue weighted by molar-refractivity contribution is 5.79. The first-order valence-electron chi connectivity index (χ1n) is 6.30. The minimum atomic E-state index is 0.636. The van der Waals surface area contributed by atoms with Crippen molar-refractivity contribution in [2.24, 2.45) is 0 Å². The van der Waals surface area contributed by atoms with E-state index in [0.717, 1.165) is 29.0 Å². The van der Waals surface area contributed by atoms with E-state index in [-0.39, 0.29) is 0 Å². The minimum absolute atomic E-state index is 0.636. The molecule has 2 aromatic heterocycles. The Hall–Kier alpha value is -2.43. The number of para-hydroxylation sites is 1. The lowest BCUT2D eigenvalue weighted by atomic mass is 10.2. The van der Waals surface area contributed by atoms with Crippen LogP contribution in [0.1, 0.15) is 12.6 Å². The van der Waals surface area contributed by atoms with E-state index >= 15 is 0 Å². The summed E-state index contributed by atoms with van der Waals surface area (Å²) in [5.74, 6) is 1.42. The van der Waals surface area contributed by atoms with Crippen LogP contribution in [0, 0.1) is 6.92 Å². The van der Waals surface area contributed by atoms with E-state index in [1.54, 1.807) is 0 Å². The van der Waals surface area contributed by atoms with E-state index in [4.69, 9.17) is 0 Å². The number of hydrogen-bond acceptors (Lipinski definition) is 4. The standard InChI is InChI=1S/C14H15N5/c1-3-15-14-17-10(2)8-13(18-14)19-12-7-5-4-6-11(12)9-16-19/h4-9H,3H2,1-2H3,(H,15,17,18). The van der Waals surface area contributed by atoms with Gasteiger partial charge in [-0.25, -0.2) is 9.67 Å². The van der Waals surface area contributed by atoms with Crippen LogP contribution >= 0.6 is 0 Å². The highest BCUT2D eigenvalue weighted by Crippen LogP contribution is 2.17. The third-order valence-corrected chi connectivity index (χ3v) is 2.87. The average molecular weight is 253 g/mol. The summed E-state index contributed by atoms with van der Waals surface area (Å²) < 4.78 is 1.84. The van der Waals surface area contributed by atoms with E-state index < -0.39 is 0 Å². The van der Waals surface area contributed by atoms with Crippen molar-refractivity contribution >= 4 is 16.9 Å². The molecule has 3 aromatic rings. The molecule has 0 radical (unpaired) electrons. The lowest BCUT2D eigenvalue weighted by Crippen LogP contribution is -2.07. The number of hydrogen-bond donors (Lipinski definition) is 1. The molecule has 3 rings (SSSR count). The molecule has 96 valence electrons. The van der Waals surface area contributed by atoms with Gasteiger partial charge < -0.3 is 5.32 Å². The Morgan fingerprint density at radius 1 is 1.21 bits per heavy atom. The van der Waals surface area contributed by atoms with Gasteiger partial charge in [-0.1, -0.05) is 18.2 Å². The molecule has 0 spiro atoms. The van der Waals surface area contributed by atoms with Crippen LogP contribution in [-0.4, -0.2) is 26.3 Å². The van der Waals surface area contributed by atoms with Gasteiger partial charge in [0.25, 0.3) is 0 Å². The van der Waals surface area contributed by atoms with E-state index in [1.807, 2.05) is 55.1 Å². The molecule has 0 amide bonds. The molecule has 0 aliphatic carbocycles. The fourth-order valence-electron chi connectivity index (χ4n) is 2.05. The molecule has 0 aliphatic heterocycles. The number of aryl methyl sites for hydroxylation is 1. The van der Waals surface area contributed by atoms with Crippen LogP contribution in [0.5, 0.6) is 0 Å². The van der Waals surface area contributed by atoms with Gasteiger partial charge in [-0.05, 0) is 19.9 Å². The van der Waals surface area contributed by atoms with Gasteiger partial charge in [0, 0.05) is 23.7 Å². The maximum Gasteiger partial charge on any atom is 0.224 e. The topological polar surface area (TPSA) is 55.6 Å². The molecule has 0 fully saturated rings. The number of anilines is 1. The second-order valence-electron chi connectivity index (χ2n) is 4.34. The van der Waals surface area contributed by atoms with Crippen molar-refractivity contribution in [3.63, 3.8) is 0 Å². The van der Waals surface area contributed by atoms with Gasteiger partial charge in [0.1, 0.15) is 0 Å². The first kappa shape index (κ1) is 11.6. The second kappa shape index (κ2) is 4.68. The predicted molar refractivity (Wildman–Crippen MR) is 75.6 cm³/mol. The number of nitrogens with zero attached hydrogens (tertiary/aromatic N) is 4. The first-order valence-corrected chi connectivity index (χ1v) is 6.30. The fourth-order valence-corrected chi connectivity index (χ4v) is 2.05. The SMILES string of the molecule is CCNc1nc(C)cc(-n2ncc3ccccc32)n1. The van der Waals surface area contributed by atoms with Gasteiger partial charge >= 0.3 is 0 Å². The zero-order valence-electron chi connectivity index (χ0n) is 11.0. The Balaban J connectivity index is 2.15. The third-order valence-electron chi connectivity index (χ3n) is 2.87. The van der Waals surface area contributed by atoms with E-state index in [9.17, 15) is 0 Å². The van der Waals surface area contributed by atoms with Crippen molar-refractivity contribution < 1.29 is 0 Å². The van der Waals surface area contributed by atoms with Crippen LogP contribution in [0.4, 0.5) is 5.95 Å². The molecule has 5 nitrogen and oxygen atoms in total. The maximum absolute atomic E-state index is 4.49. The van der Waals surface area contributed by atoms with Crippen LogP contribution < -0.4 is 5.32 Å². The van der Waals surface area contributed by atoms with Gasteiger partial charge in [-0.2, -0.15) is 10.1 Å². The van der Waals surface area contributed by atoms with Gasteiger partial charge in [0.2, 0.25) is 5.95 Å². The monoisotopic (exact) mass is 253 g/mol. The molecule has 2 heterocycles. The summed E-state index contributed by atoms with van der Waals surface area (Å²) in [6, 6.07) is 10.0. The lowest BCUT2D eigenvalue weighted by molar-refractivity contribution is 0.860.